The highest BCUT2D eigenvalue weighted by molar-refractivity contribution is 9.11. The zero-order chi connectivity index (χ0) is 7.56. The molecule has 0 unspecified atom stereocenters. The molecule has 54 valence electrons. The fourth-order valence-corrected chi connectivity index (χ4v) is 2.41. The van der Waals surface area contributed by atoms with Crippen molar-refractivity contribution in [3.63, 3.8) is 0 Å². The molecule has 1 rings (SSSR count). The molecule has 1 aromatic rings. The molecule has 0 bridgehead atoms. The van der Waals surface area contributed by atoms with Crippen LogP contribution in [0.1, 0.15) is 4.88 Å². The number of hydrogen-bond donors (Lipinski definition) is 1. The molecule has 0 aromatic carbocycles. The lowest BCUT2D eigenvalue weighted by molar-refractivity contribution is 1.56. The van der Waals surface area contributed by atoms with Crippen molar-refractivity contribution >= 4 is 44.1 Å². The van der Waals surface area contributed by atoms with E-state index in [1.54, 1.807) is 11.3 Å². The third kappa shape index (κ3) is 1.84. The van der Waals surface area contributed by atoms with Crippen LogP contribution in [0.2, 0.25) is 0 Å². The third-order valence-electron chi connectivity index (χ3n) is 1.00. The van der Waals surface area contributed by atoms with Crippen LogP contribution in [-0.2, 0) is 0 Å². The molecule has 4 heteroatoms. The Morgan fingerprint density at radius 2 is 2.40 bits per heavy atom. The van der Waals surface area contributed by atoms with Gasteiger partial charge in [0.1, 0.15) is 5.04 Å². The summed E-state index contributed by atoms with van der Waals surface area (Å²) in [7, 11) is 0. The molecule has 0 spiro atoms. The number of thioether (sulfide) groups is 1. The summed E-state index contributed by atoms with van der Waals surface area (Å²) in [6.07, 6.45) is 1.91. The summed E-state index contributed by atoms with van der Waals surface area (Å²) in [5.41, 5.74) is 0. The van der Waals surface area contributed by atoms with E-state index in [4.69, 9.17) is 5.41 Å². The molecule has 1 heterocycles. The molecule has 1 nitrogen and oxygen atoms in total. The van der Waals surface area contributed by atoms with Gasteiger partial charge in [0, 0.05) is 0 Å². The second-order valence-corrected chi connectivity index (χ2v) is 4.92. The maximum Gasteiger partial charge on any atom is 0.104 e. The van der Waals surface area contributed by atoms with E-state index in [-0.39, 0.29) is 0 Å². The molecule has 0 atom stereocenters. The molecule has 10 heavy (non-hydrogen) atoms. The van der Waals surface area contributed by atoms with E-state index in [9.17, 15) is 0 Å². The molecule has 0 amide bonds. The van der Waals surface area contributed by atoms with Gasteiger partial charge in [0.2, 0.25) is 0 Å². The van der Waals surface area contributed by atoms with Crippen molar-refractivity contribution in [2.75, 3.05) is 6.26 Å². The molecule has 1 aromatic heterocycles. The van der Waals surface area contributed by atoms with Gasteiger partial charge in [0.25, 0.3) is 0 Å². The van der Waals surface area contributed by atoms with E-state index in [1.807, 2.05) is 18.4 Å². The molecular weight excluding hydrogens is 230 g/mol. The zero-order valence-electron chi connectivity index (χ0n) is 5.35. The smallest absolute Gasteiger partial charge is 0.104 e. The fourth-order valence-electron chi connectivity index (χ4n) is 0.537. The first-order valence-corrected chi connectivity index (χ1v) is 5.45. The van der Waals surface area contributed by atoms with Crippen LogP contribution in [0.3, 0.4) is 0 Å². The topological polar surface area (TPSA) is 23.9 Å². The van der Waals surface area contributed by atoms with E-state index in [0.29, 0.717) is 5.04 Å². The van der Waals surface area contributed by atoms with Crippen molar-refractivity contribution in [2.45, 2.75) is 0 Å². The summed E-state index contributed by atoms with van der Waals surface area (Å²) in [5, 5.41) is 8.08. The van der Waals surface area contributed by atoms with Gasteiger partial charge < -0.3 is 0 Å². The Kier molecular flexibility index (Phi) is 2.95. The molecule has 0 aliphatic heterocycles. The molecule has 0 fully saturated rings. The highest BCUT2D eigenvalue weighted by Crippen LogP contribution is 2.24. The number of thiophene rings is 1. The van der Waals surface area contributed by atoms with E-state index < -0.39 is 0 Å². The van der Waals surface area contributed by atoms with Crippen LogP contribution in [0.15, 0.2) is 15.9 Å². The Labute approximate surface area is 76.5 Å². The Morgan fingerprint density at radius 1 is 1.70 bits per heavy atom. The van der Waals surface area contributed by atoms with Crippen molar-refractivity contribution in [2.24, 2.45) is 0 Å². The van der Waals surface area contributed by atoms with Crippen LogP contribution in [0.25, 0.3) is 0 Å². The minimum Gasteiger partial charge on any atom is -0.293 e. The summed E-state index contributed by atoms with van der Waals surface area (Å²) in [4.78, 5) is 1.03. The monoisotopic (exact) mass is 235 g/mol. The average molecular weight is 236 g/mol. The first-order valence-electron chi connectivity index (χ1n) is 2.62. The van der Waals surface area contributed by atoms with Crippen LogP contribution in [0.4, 0.5) is 0 Å². The Morgan fingerprint density at radius 3 is 2.80 bits per heavy atom. The molecule has 0 saturated heterocycles. The van der Waals surface area contributed by atoms with Gasteiger partial charge in [-0.25, -0.2) is 0 Å². The van der Waals surface area contributed by atoms with Crippen molar-refractivity contribution in [1.29, 1.82) is 5.41 Å². The Hall–Kier alpha value is 0.200. The van der Waals surface area contributed by atoms with Crippen LogP contribution >= 0.6 is 39.0 Å². The van der Waals surface area contributed by atoms with Crippen LogP contribution in [-0.4, -0.2) is 11.3 Å². The van der Waals surface area contributed by atoms with Gasteiger partial charge in [-0.3, -0.25) is 5.41 Å². The predicted molar refractivity (Wildman–Crippen MR) is 52.4 cm³/mol. The summed E-state index contributed by atoms with van der Waals surface area (Å²) in [5.74, 6) is 0. The summed E-state index contributed by atoms with van der Waals surface area (Å²) in [6, 6.07) is 3.92. The quantitative estimate of drug-likeness (QED) is 0.587. The van der Waals surface area contributed by atoms with E-state index in [1.165, 1.54) is 11.8 Å². The van der Waals surface area contributed by atoms with Crippen molar-refractivity contribution in [3.05, 3.63) is 20.8 Å². The maximum atomic E-state index is 7.44. The van der Waals surface area contributed by atoms with E-state index >= 15 is 0 Å². The van der Waals surface area contributed by atoms with Gasteiger partial charge in [0.05, 0.1) is 8.66 Å². The van der Waals surface area contributed by atoms with Crippen LogP contribution < -0.4 is 0 Å². The highest BCUT2D eigenvalue weighted by atomic mass is 79.9. The highest BCUT2D eigenvalue weighted by Gasteiger charge is 2.01. The van der Waals surface area contributed by atoms with Gasteiger partial charge >= 0.3 is 0 Å². The SMILES string of the molecule is CSC(=N)c1ccc(Br)s1. The first kappa shape index (κ1) is 8.30. The van der Waals surface area contributed by atoms with Crippen molar-refractivity contribution < 1.29 is 0 Å². The lowest BCUT2D eigenvalue weighted by atomic mass is 10.5. The van der Waals surface area contributed by atoms with Gasteiger partial charge in [-0.1, -0.05) is 0 Å². The second-order valence-electron chi connectivity index (χ2n) is 1.64. The van der Waals surface area contributed by atoms with Gasteiger partial charge in [-0.2, -0.15) is 0 Å². The molecule has 0 aliphatic rings. The number of hydrogen-bond acceptors (Lipinski definition) is 3. The van der Waals surface area contributed by atoms with Gasteiger partial charge in [-0.05, 0) is 34.3 Å². The summed E-state index contributed by atoms with van der Waals surface area (Å²) < 4.78 is 1.08. The van der Waals surface area contributed by atoms with Crippen molar-refractivity contribution in [1.82, 2.24) is 0 Å². The van der Waals surface area contributed by atoms with Crippen LogP contribution in [0, 0.1) is 5.41 Å². The molecule has 0 saturated carbocycles. The van der Waals surface area contributed by atoms with Gasteiger partial charge in [-0.15, -0.1) is 23.1 Å². The zero-order valence-corrected chi connectivity index (χ0v) is 8.57. The molecule has 0 aliphatic carbocycles. The lowest BCUT2D eigenvalue weighted by Crippen LogP contribution is -1.84. The Balaban J connectivity index is 2.85. The number of nitrogens with one attached hydrogen (secondary N) is 1. The molecule has 0 radical (unpaired) electrons. The normalized spacial score (nSPS) is 9.80. The summed E-state index contributed by atoms with van der Waals surface area (Å²) >= 11 is 6.40. The lowest BCUT2D eigenvalue weighted by Gasteiger charge is -1.90. The minimum atomic E-state index is 0.635. The molecular formula is C6H6BrNS2. The van der Waals surface area contributed by atoms with Gasteiger partial charge in [0.15, 0.2) is 0 Å². The third-order valence-corrected chi connectivity index (χ3v) is 3.40. The largest absolute Gasteiger partial charge is 0.293 e. The Bertz CT molecular complexity index is 244. The maximum absolute atomic E-state index is 7.44. The minimum absolute atomic E-state index is 0.635. The number of rotatable bonds is 1. The van der Waals surface area contributed by atoms with Crippen molar-refractivity contribution in [3.8, 4) is 0 Å². The standard InChI is InChI=1S/C6H6BrNS2/c1-9-6(8)4-2-3-5(7)10-4/h2-3,8H,1H3. The predicted octanol–water partition coefficient (Wildman–Crippen LogP) is 3.20. The molecule has 1 N–H and O–H groups in total. The number of halogens is 1. The van der Waals surface area contributed by atoms with E-state index in [2.05, 4.69) is 15.9 Å². The summed E-state index contributed by atoms with van der Waals surface area (Å²) in [6.45, 7) is 0. The second kappa shape index (κ2) is 3.55. The van der Waals surface area contributed by atoms with E-state index in [0.717, 1.165) is 8.66 Å². The van der Waals surface area contributed by atoms with Crippen LogP contribution in [0.5, 0.6) is 0 Å². The fraction of sp³-hybridized carbons (Fsp3) is 0.167. The average Bonchev–Trinajstić information content (AvgIpc) is 2.34. The first-order chi connectivity index (χ1) is 4.74.